The minimum absolute atomic E-state index is 0.356. The zero-order valence-corrected chi connectivity index (χ0v) is 13.0. The number of hydrogen-bond donors (Lipinski definition) is 1. The molecule has 20 heavy (non-hydrogen) atoms. The van der Waals surface area contributed by atoms with E-state index in [1.807, 2.05) is 31.2 Å². The highest BCUT2D eigenvalue weighted by Crippen LogP contribution is 2.35. The molecule has 1 atom stereocenters. The van der Waals surface area contributed by atoms with Crippen molar-refractivity contribution in [2.75, 3.05) is 6.61 Å². The number of benzene rings is 1. The van der Waals surface area contributed by atoms with Crippen molar-refractivity contribution in [2.24, 2.45) is 0 Å². The van der Waals surface area contributed by atoms with Crippen LogP contribution in [0.25, 0.3) is 0 Å². The van der Waals surface area contributed by atoms with Crippen molar-refractivity contribution in [2.45, 2.75) is 63.6 Å². The molecule has 0 saturated heterocycles. The number of aliphatic hydroxyl groups is 1. The maximum Gasteiger partial charge on any atom is 0.0943 e. The summed E-state index contributed by atoms with van der Waals surface area (Å²) in [6, 6.07) is 7.73. The van der Waals surface area contributed by atoms with Crippen LogP contribution >= 0.6 is 11.6 Å². The van der Waals surface area contributed by atoms with E-state index in [1.165, 1.54) is 12.8 Å². The topological polar surface area (TPSA) is 29.5 Å². The SMILES string of the molecule is CCOC1(C(O)Cc2ccc(Cl)cc2)CCCCCC1. The quantitative estimate of drug-likeness (QED) is 0.818. The van der Waals surface area contributed by atoms with Gasteiger partial charge in [0.1, 0.15) is 0 Å². The first-order chi connectivity index (χ1) is 9.66. The van der Waals surface area contributed by atoms with Crippen LogP contribution in [0.1, 0.15) is 51.0 Å². The first-order valence-corrected chi connectivity index (χ1v) is 8.10. The molecule has 0 radical (unpaired) electrons. The Labute approximate surface area is 127 Å². The molecule has 1 fully saturated rings. The summed E-state index contributed by atoms with van der Waals surface area (Å²) in [7, 11) is 0. The second-order valence-corrected chi connectivity index (χ2v) is 6.19. The molecule has 2 nitrogen and oxygen atoms in total. The summed E-state index contributed by atoms with van der Waals surface area (Å²) in [4.78, 5) is 0. The van der Waals surface area contributed by atoms with Gasteiger partial charge in [-0.25, -0.2) is 0 Å². The van der Waals surface area contributed by atoms with E-state index in [9.17, 15) is 5.11 Å². The van der Waals surface area contributed by atoms with E-state index in [0.29, 0.717) is 13.0 Å². The fourth-order valence-corrected chi connectivity index (χ4v) is 3.34. The van der Waals surface area contributed by atoms with Crippen molar-refractivity contribution in [3.63, 3.8) is 0 Å². The average Bonchev–Trinajstić information content (AvgIpc) is 2.68. The lowest BCUT2D eigenvalue weighted by Gasteiger charge is -2.37. The summed E-state index contributed by atoms with van der Waals surface area (Å²) >= 11 is 5.91. The Morgan fingerprint density at radius 3 is 2.30 bits per heavy atom. The number of rotatable bonds is 5. The standard InChI is InChI=1S/C17H25ClO2/c1-2-20-17(11-5-3-4-6-12-17)16(19)13-14-7-9-15(18)10-8-14/h7-10,16,19H,2-6,11-13H2,1H3. The Kier molecular flexibility index (Phi) is 5.88. The van der Waals surface area contributed by atoms with E-state index in [0.717, 1.165) is 36.3 Å². The fourth-order valence-electron chi connectivity index (χ4n) is 3.22. The molecule has 0 amide bonds. The lowest BCUT2D eigenvalue weighted by atomic mass is 9.84. The van der Waals surface area contributed by atoms with Crippen LogP contribution in [0.3, 0.4) is 0 Å². The van der Waals surface area contributed by atoms with Crippen molar-refractivity contribution >= 4 is 11.6 Å². The summed E-state index contributed by atoms with van der Waals surface area (Å²) in [6.45, 7) is 2.68. The molecule has 1 aromatic rings. The zero-order valence-electron chi connectivity index (χ0n) is 12.3. The zero-order chi connectivity index (χ0) is 14.4. The van der Waals surface area contributed by atoms with Gasteiger partial charge in [0.15, 0.2) is 0 Å². The fraction of sp³-hybridized carbons (Fsp3) is 0.647. The highest BCUT2D eigenvalue weighted by Gasteiger charge is 2.38. The van der Waals surface area contributed by atoms with Crippen molar-refractivity contribution in [1.29, 1.82) is 0 Å². The van der Waals surface area contributed by atoms with Gasteiger partial charge in [-0.1, -0.05) is 49.4 Å². The van der Waals surface area contributed by atoms with Crippen LogP contribution in [0.4, 0.5) is 0 Å². The van der Waals surface area contributed by atoms with Gasteiger partial charge >= 0.3 is 0 Å². The molecule has 1 unspecified atom stereocenters. The lowest BCUT2D eigenvalue weighted by molar-refractivity contribution is -0.128. The van der Waals surface area contributed by atoms with Crippen LogP contribution in [-0.2, 0) is 11.2 Å². The molecule has 1 saturated carbocycles. The Morgan fingerprint density at radius 2 is 1.75 bits per heavy atom. The normalized spacial score (nSPS) is 20.4. The molecule has 3 heteroatoms. The highest BCUT2D eigenvalue weighted by molar-refractivity contribution is 6.30. The molecule has 112 valence electrons. The number of hydrogen-bond acceptors (Lipinski definition) is 2. The monoisotopic (exact) mass is 296 g/mol. The van der Waals surface area contributed by atoms with E-state index in [4.69, 9.17) is 16.3 Å². The Bertz CT molecular complexity index is 394. The second-order valence-electron chi connectivity index (χ2n) is 5.76. The van der Waals surface area contributed by atoms with E-state index in [-0.39, 0.29) is 5.60 Å². The van der Waals surface area contributed by atoms with Crippen molar-refractivity contribution in [3.05, 3.63) is 34.9 Å². The third kappa shape index (κ3) is 3.97. The van der Waals surface area contributed by atoms with Crippen LogP contribution in [0, 0.1) is 0 Å². The van der Waals surface area contributed by atoms with Gasteiger partial charge < -0.3 is 9.84 Å². The van der Waals surface area contributed by atoms with Gasteiger partial charge in [-0.3, -0.25) is 0 Å². The van der Waals surface area contributed by atoms with Gasteiger partial charge in [0.25, 0.3) is 0 Å². The van der Waals surface area contributed by atoms with E-state index >= 15 is 0 Å². The van der Waals surface area contributed by atoms with Crippen LogP contribution in [0.5, 0.6) is 0 Å². The Morgan fingerprint density at radius 1 is 1.15 bits per heavy atom. The van der Waals surface area contributed by atoms with Crippen molar-refractivity contribution in [3.8, 4) is 0 Å². The highest BCUT2D eigenvalue weighted by atomic mass is 35.5. The molecule has 0 bridgehead atoms. The van der Waals surface area contributed by atoms with Gasteiger partial charge in [0.2, 0.25) is 0 Å². The van der Waals surface area contributed by atoms with Gasteiger partial charge in [0.05, 0.1) is 11.7 Å². The van der Waals surface area contributed by atoms with Crippen LogP contribution in [-0.4, -0.2) is 23.4 Å². The number of halogens is 1. The summed E-state index contributed by atoms with van der Waals surface area (Å²) in [5.74, 6) is 0. The molecule has 0 heterocycles. The number of aliphatic hydroxyl groups excluding tert-OH is 1. The minimum atomic E-state index is -0.443. The maximum absolute atomic E-state index is 10.7. The molecule has 0 aromatic heterocycles. The van der Waals surface area contributed by atoms with E-state index in [1.54, 1.807) is 0 Å². The molecule has 1 aliphatic carbocycles. The molecular weight excluding hydrogens is 272 g/mol. The molecule has 2 rings (SSSR count). The summed E-state index contributed by atoms with van der Waals surface area (Å²) in [6.07, 6.45) is 6.93. The molecular formula is C17H25ClO2. The lowest BCUT2D eigenvalue weighted by Crippen LogP contribution is -2.46. The smallest absolute Gasteiger partial charge is 0.0943 e. The van der Waals surface area contributed by atoms with Gasteiger partial charge in [-0.15, -0.1) is 0 Å². The Hall–Kier alpha value is -0.570. The third-order valence-corrected chi connectivity index (χ3v) is 4.58. The third-order valence-electron chi connectivity index (χ3n) is 4.33. The summed E-state index contributed by atoms with van der Waals surface area (Å²) < 4.78 is 6.03. The predicted molar refractivity (Wildman–Crippen MR) is 83.2 cm³/mol. The Balaban J connectivity index is 2.09. The average molecular weight is 297 g/mol. The first kappa shape index (κ1) is 15.8. The molecule has 1 aliphatic rings. The molecule has 0 spiro atoms. The van der Waals surface area contributed by atoms with Crippen LogP contribution < -0.4 is 0 Å². The van der Waals surface area contributed by atoms with Gasteiger partial charge in [-0.05, 0) is 37.5 Å². The second kappa shape index (κ2) is 7.44. The number of ether oxygens (including phenoxy) is 1. The maximum atomic E-state index is 10.7. The van der Waals surface area contributed by atoms with Gasteiger partial charge in [0, 0.05) is 18.1 Å². The van der Waals surface area contributed by atoms with E-state index in [2.05, 4.69) is 0 Å². The molecule has 1 N–H and O–H groups in total. The van der Waals surface area contributed by atoms with Crippen molar-refractivity contribution in [1.82, 2.24) is 0 Å². The van der Waals surface area contributed by atoms with Crippen LogP contribution in [0.15, 0.2) is 24.3 Å². The first-order valence-electron chi connectivity index (χ1n) is 7.73. The molecule has 0 aliphatic heterocycles. The summed E-state index contributed by atoms with van der Waals surface area (Å²) in [5, 5.41) is 11.5. The largest absolute Gasteiger partial charge is 0.390 e. The summed E-state index contributed by atoms with van der Waals surface area (Å²) in [5.41, 5.74) is 0.760. The van der Waals surface area contributed by atoms with E-state index < -0.39 is 6.10 Å². The van der Waals surface area contributed by atoms with Crippen molar-refractivity contribution < 1.29 is 9.84 Å². The van der Waals surface area contributed by atoms with Gasteiger partial charge in [-0.2, -0.15) is 0 Å². The van der Waals surface area contributed by atoms with Crippen LogP contribution in [0.2, 0.25) is 5.02 Å². The molecule has 1 aromatic carbocycles. The predicted octanol–water partition coefficient (Wildman–Crippen LogP) is 4.37. The minimum Gasteiger partial charge on any atom is -0.390 e.